The largest absolute Gasteiger partial charge is 0.352 e. The van der Waals surface area contributed by atoms with E-state index in [9.17, 15) is 0 Å². The van der Waals surface area contributed by atoms with Crippen LogP contribution in [0.3, 0.4) is 0 Å². The summed E-state index contributed by atoms with van der Waals surface area (Å²) in [6, 6.07) is 31.6. The van der Waals surface area contributed by atoms with E-state index in [-0.39, 0.29) is 12.2 Å². The molecular formula is C37H42O6. The Labute approximate surface area is 254 Å². The molecular weight excluding hydrogens is 540 g/mol. The van der Waals surface area contributed by atoms with E-state index in [2.05, 4.69) is 91.0 Å². The van der Waals surface area contributed by atoms with Crippen molar-refractivity contribution in [2.75, 3.05) is 6.61 Å². The smallest absolute Gasteiger partial charge is 0.190 e. The Morgan fingerprint density at radius 1 is 0.558 bits per heavy atom. The molecule has 5 atom stereocenters. The molecule has 2 spiro atoms. The van der Waals surface area contributed by atoms with Gasteiger partial charge in [0.1, 0.15) is 30.0 Å². The highest BCUT2D eigenvalue weighted by atomic mass is 16.9. The Hall–Kier alpha value is -2.58. The van der Waals surface area contributed by atoms with Crippen LogP contribution in [-0.2, 0) is 34.0 Å². The minimum absolute atomic E-state index is 0.275. The molecule has 2 aliphatic carbocycles. The third kappa shape index (κ3) is 4.97. The zero-order valence-corrected chi connectivity index (χ0v) is 24.8. The van der Waals surface area contributed by atoms with E-state index >= 15 is 0 Å². The highest BCUT2D eigenvalue weighted by molar-refractivity contribution is 5.47. The van der Waals surface area contributed by atoms with Crippen LogP contribution in [0.25, 0.3) is 0 Å². The lowest BCUT2D eigenvalue weighted by Gasteiger charge is -2.41. The van der Waals surface area contributed by atoms with Gasteiger partial charge in [-0.1, -0.05) is 104 Å². The summed E-state index contributed by atoms with van der Waals surface area (Å²) in [5.41, 5.74) is 2.23. The molecule has 0 N–H and O–H groups in total. The molecule has 0 bridgehead atoms. The average molecular weight is 583 g/mol. The molecule has 43 heavy (non-hydrogen) atoms. The Kier molecular flexibility index (Phi) is 7.41. The first kappa shape index (κ1) is 27.9. The minimum Gasteiger partial charge on any atom is -0.352 e. The normalized spacial score (nSPS) is 31.4. The zero-order valence-electron chi connectivity index (χ0n) is 24.8. The summed E-state index contributed by atoms with van der Waals surface area (Å²) in [6.07, 6.45) is 8.45. The maximum absolute atomic E-state index is 7.64. The van der Waals surface area contributed by atoms with E-state index in [1.807, 2.05) is 0 Å². The van der Waals surface area contributed by atoms with Gasteiger partial charge in [0.25, 0.3) is 0 Å². The van der Waals surface area contributed by atoms with Crippen LogP contribution in [0.4, 0.5) is 0 Å². The molecule has 0 unspecified atom stereocenters. The van der Waals surface area contributed by atoms with E-state index in [1.165, 1.54) is 12.8 Å². The molecule has 0 amide bonds. The fourth-order valence-corrected chi connectivity index (χ4v) is 8.14. The molecule has 5 aliphatic rings. The van der Waals surface area contributed by atoms with Crippen LogP contribution in [0, 0.1) is 0 Å². The molecule has 226 valence electrons. The second-order valence-electron chi connectivity index (χ2n) is 12.9. The Morgan fingerprint density at radius 3 is 1.60 bits per heavy atom. The molecule has 0 radical (unpaired) electrons. The topological polar surface area (TPSA) is 55.4 Å². The SMILES string of the molecule is c1ccc(C(O[C@H]2[C@@H]3OC4(CCCCC4)O[C@@H]3O[C@H]2[C@@H]2COC3(CCCCC3)O2)(c2ccccc2)c2ccccc2)cc1. The molecule has 3 aromatic carbocycles. The minimum atomic E-state index is -0.918. The van der Waals surface area contributed by atoms with Crippen LogP contribution in [0.1, 0.15) is 80.9 Å². The summed E-state index contributed by atoms with van der Waals surface area (Å²) in [4.78, 5) is 0. The zero-order chi connectivity index (χ0) is 28.7. The van der Waals surface area contributed by atoms with Gasteiger partial charge in [0, 0.05) is 25.7 Å². The van der Waals surface area contributed by atoms with Crippen LogP contribution < -0.4 is 0 Å². The van der Waals surface area contributed by atoms with Gasteiger partial charge in [0.2, 0.25) is 0 Å². The summed E-state index contributed by atoms with van der Waals surface area (Å²) in [5, 5.41) is 0. The van der Waals surface area contributed by atoms with E-state index in [0.29, 0.717) is 6.61 Å². The van der Waals surface area contributed by atoms with E-state index < -0.39 is 35.7 Å². The monoisotopic (exact) mass is 582 g/mol. The van der Waals surface area contributed by atoms with Crippen molar-refractivity contribution in [2.24, 2.45) is 0 Å². The van der Waals surface area contributed by atoms with Gasteiger partial charge >= 0.3 is 0 Å². The summed E-state index contributed by atoms with van der Waals surface area (Å²) in [6.45, 7) is 0.476. The first-order chi connectivity index (χ1) is 21.2. The summed E-state index contributed by atoms with van der Waals surface area (Å²) >= 11 is 0. The van der Waals surface area contributed by atoms with Crippen LogP contribution in [0.5, 0.6) is 0 Å². The number of hydrogen-bond donors (Lipinski definition) is 0. The van der Waals surface area contributed by atoms with Crippen molar-refractivity contribution in [2.45, 2.75) is 112 Å². The van der Waals surface area contributed by atoms with Crippen molar-refractivity contribution in [1.82, 2.24) is 0 Å². The van der Waals surface area contributed by atoms with E-state index in [0.717, 1.165) is 68.1 Å². The molecule has 0 aromatic heterocycles. The highest BCUT2D eigenvalue weighted by Gasteiger charge is 2.63. The van der Waals surface area contributed by atoms with Crippen molar-refractivity contribution in [3.8, 4) is 0 Å². The Bertz CT molecular complexity index is 1250. The quantitative estimate of drug-likeness (QED) is 0.286. The molecule has 3 aliphatic heterocycles. The van der Waals surface area contributed by atoms with Gasteiger partial charge in [-0.05, 0) is 42.4 Å². The molecule has 6 heteroatoms. The first-order valence-electron chi connectivity index (χ1n) is 16.4. The first-order valence-corrected chi connectivity index (χ1v) is 16.4. The van der Waals surface area contributed by atoms with Crippen molar-refractivity contribution in [3.05, 3.63) is 108 Å². The van der Waals surface area contributed by atoms with Crippen LogP contribution >= 0.6 is 0 Å². The molecule has 3 aromatic rings. The Balaban J connectivity index is 1.22. The van der Waals surface area contributed by atoms with E-state index in [1.54, 1.807) is 0 Å². The predicted molar refractivity (Wildman–Crippen MR) is 161 cm³/mol. The van der Waals surface area contributed by atoms with E-state index in [4.69, 9.17) is 28.4 Å². The second-order valence-corrected chi connectivity index (χ2v) is 12.9. The summed E-state index contributed by atoms with van der Waals surface area (Å²) in [7, 11) is 0. The highest BCUT2D eigenvalue weighted by Crippen LogP contribution is 2.51. The lowest BCUT2D eigenvalue weighted by atomic mass is 9.79. The average Bonchev–Trinajstić information content (AvgIpc) is 3.73. The van der Waals surface area contributed by atoms with Crippen LogP contribution in [0.2, 0.25) is 0 Å². The third-order valence-corrected chi connectivity index (χ3v) is 10.2. The molecule has 3 heterocycles. The number of benzene rings is 3. The second kappa shape index (κ2) is 11.4. The molecule has 3 saturated heterocycles. The van der Waals surface area contributed by atoms with Crippen LogP contribution in [0.15, 0.2) is 91.0 Å². The Morgan fingerprint density at radius 2 is 1.07 bits per heavy atom. The number of fused-ring (bicyclic) bond motifs is 1. The van der Waals surface area contributed by atoms with Crippen LogP contribution in [-0.4, -0.2) is 48.9 Å². The van der Waals surface area contributed by atoms with Crippen molar-refractivity contribution in [1.29, 1.82) is 0 Å². The van der Waals surface area contributed by atoms with Gasteiger partial charge in [0.15, 0.2) is 17.9 Å². The van der Waals surface area contributed by atoms with Gasteiger partial charge in [-0.25, -0.2) is 0 Å². The molecule has 2 saturated carbocycles. The van der Waals surface area contributed by atoms with Gasteiger partial charge in [0.05, 0.1) is 6.61 Å². The van der Waals surface area contributed by atoms with Crippen molar-refractivity contribution >= 4 is 0 Å². The third-order valence-electron chi connectivity index (χ3n) is 10.2. The fourth-order valence-electron chi connectivity index (χ4n) is 8.14. The van der Waals surface area contributed by atoms with Gasteiger partial charge in [-0.15, -0.1) is 0 Å². The number of hydrogen-bond acceptors (Lipinski definition) is 6. The number of rotatable bonds is 6. The standard InChI is InChI=1S/C37H42O6/c1-6-16-27(17-7-1)37(28-18-8-2-9-19-28,29-20-10-3-11-21-29)42-32-31(30-26-38-35(40-30)22-12-4-13-23-35)39-34-33(32)41-36(43-34)24-14-5-15-25-36/h1-3,6-11,16-21,30-34H,4-5,12-15,22-26H2/t30-,31-,32+,33-,34-/m0/s1. The predicted octanol–water partition coefficient (Wildman–Crippen LogP) is 7.24. The maximum atomic E-state index is 7.64. The van der Waals surface area contributed by atoms with Gasteiger partial charge in [-0.3, -0.25) is 0 Å². The molecule has 8 rings (SSSR count). The summed E-state index contributed by atoms with van der Waals surface area (Å²) in [5.74, 6) is -1.12. The lowest BCUT2D eigenvalue weighted by Crippen LogP contribution is -2.50. The maximum Gasteiger partial charge on any atom is 0.190 e. The lowest BCUT2D eigenvalue weighted by molar-refractivity contribution is -0.267. The molecule has 6 nitrogen and oxygen atoms in total. The fraction of sp³-hybridized carbons (Fsp3) is 0.514. The number of ether oxygens (including phenoxy) is 6. The molecule has 5 fully saturated rings. The van der Waals surface area contributed by atoms with Gasteiger partial charge in [-0.2, -0.15) is 0 Å². The van der Waals surface area contributed by atoms with Crippen molar-refractivity contribution in [3.63, 3.8) is 0 Å². The van der Waals surface area contributed by atoms with Crippen molar-refractivity contribution < 1.29 is 28.4 Å². The summed E-state index contributed by atoms with van der Waals surface area (Å²) < 4.78 is 41.3. The van der Waals surface area contributed by atoms with Gasteiger partial charge < -0.3 is 28.4 Å².